The van der Waals surface area contributed by atoms with Crippen LogP contribution in [0.1, 0.15) is 24.8 Å². The van der Waals surface area contributed by atoms with Crippen LogP contribution in [-0.4, -0.2) is 30.0 Å². The number of amides is 1. The molecular weight excluding hydrogens is 240 g/mol. The molecule has 1 saturated carbocycles. The third-order valence-electron chi connectivity index (χ3n) is 4.09. The molecule has 0 spiro atoms. The number of carbonyl (C=O) groups is 1. The van der Waals surface area contributed by atoms with Gasteiger partial charge in [0.2, 0.25) is 5.91 Å². The Hall–Kier alpha value is -1.55. The maximum atomic E-state index is 12.5. The van der Waals surface area contributed by atoms with E-state index in [9.17, 15) is 4.79 Å². The molecule has 1 heterocycles. The van der Waals surface area contributed by atoms with E-state index in [2.05, 4.69) is 0 Å². The quantitative estimate of drug-likeness (QED) is 0.833. The second kappa shape index (κ2) is 5.21. The Morgan fingerprint density at radius 1 is 1.32 bits per heavy atom. The van der Waals surface area contributed by atoms with Crippen LogP contribution in [0.3, 0.4) is 0 Å². The Morgan fingerprint density at radius 3 is 2.95 bits per heavy atom. The van der Waals surface area contributed by atoms with Crippen molar-refractivity contribution < 1.29 is 9.53 Å². The molecule has 4 nitrogen and oxygen atoms in total. The first kappa shape index (κ1) is 12.5. The summed E-state index contributed by atoms with van der Waals surface area (Å²) in [5.41, 5.74) is 7.00. The van der Waals surface area contributed by atoms with Crippen molar-refractivity contribution >= 4 is 5.91 Å². The molecule has 19 heavy (non-hydrogen) atoms. The van der Waals surface area contributed by atoms with Gasteiger partial charge >= 0.3 is 0 Å². The fourth-order valence-corrected chi connectivity index (χ4v) is 3.01. The predicted octanol–water partition coefficient (Wildman–Crippen LogP) is 1.53. The Kier molecular flexibility index (Phi) is 3.42. The summed E-state index contributed by atoms with van der Waals surface area (Å²) < 4.78 is 5.69. The molecule has 0 bridgehead atoms. The summed E-state index contributed by atoms with van der Waals surface area (Å²) in [4.78, 5) is 14.4. The summed E-state index contributed by atoms with van der Waals surface area (Å²) >= 11 is 0. The predicted molar refractivity (Wildman–Crippen MR) is 72.7 cm³/mol. The van der Waals surface area contributed by atoms with Gasteiger partial charge in [0.15, 0.2) is 0 Å². The number of benzene rings is 1. The minimum Gasteiger partial charge on any atom is -0.491 e. The van der Waals surface area contributed by atoms with Gasteiger partial charge in [0.1, 0.15) is 12.4 Å². The molecule has 2 unspecified atom stereocenters. The van der Waals surface area contributed by atoms with Crippen LogP contribution in [0.15, 0.2) is 24.3 Å². The lowest BCUT2D eigenvalue weighted by atomic mass is 10.1. The standard InChI is InChI=1S/C15H20N2O2/c16-13-6-5-11(9-13)15(18)17-7-8-19-14-4-2-1-3-12(14)10-17/h1-4,11,13H,5-10,16H2. The molecule has 0 saturated heterocycles. The zero-order valence-electron chi connectivity index (χ0n) is 11.0. The van der Waals surface area contributed by atoms with E-state index in [1.54, 1.807) is 0 Å². The van der Waals surface area contributed by atoms with Crippen LogP contribution >= 0.6 is 0 Å². The second-order valence-corrected chi connectivity index (χ2v) is 5.49. The highest BCUT2D eigenvalue weighted by Crippen LogP contribution is 2.28. The number of hydrogen-bond donors (Lipinski definition) is 1. The highest BCUT2D eigenvalue weighted by Gasteiger charge is 2.31. The van der Waals surface area contributed by atoms with Crippen LogP contribution in [0.2, 0.25) is 0 Å². The van der Waals surface area contributed by atoms with Crippen molar-refractivity contribution in [2.75, 3.05) is 13.2 Å². The Bertz CT molecular complexity index is 475. The number of ether oxygens (including phenoxy) is 1. The van der Waals surface area contributed by atoms with Crippen LogP contribution in [0, 0.1) is 5.92 Å². The van der Waals surface area contributed by atoms with Gasteiger partial charge in [-0.25, -0.2) is 0 Å². The van der Waals surface area contributed by atoms with E-state index in [-0.39, 0.29) is 17.9 Å². The summed E-state index contributed by atoms with van der Waals surface area (Å²) in [5, 5.41) is 0. The van der Waals surface area contributed by atoms with E-state index in [0.29, 0.717) is 19.7 Å². The molecule has 1 aliphatic carbocycles. The minimum absolute atomic E-state index is 0.111. The number of fused-ring (bicyclic) bond motifs is 1. The Morgan fingerprint density at radius 2 is 2.16 bits per heavy atom. The minimum atomic E-state index is 0.111. The zero-order valence-corrected chi connectivity index (χ0v) is 11.0. The van der Waals surface area contributed by atoms with Crippen molar-refractivity contribution in [2.24, 2.45) is 11.7 Å². The van der Waals surface area contributed by atoms with Gasteiger partial charge in [-0.05, 0) is 25.3 Å². The van der Waals surface area contributed by atoms with Gasteiger partial charge < -0.3 is 15.4 Å². The maximum absolute atomic E-state index is 12.5. The average molecular weight is 260 g/mol. The van der Waals surface area contributed by atoms with Gasteiger partial charge in [-0.1, -0.05) is 18.2 Å². The molecule has 2 aliphatic rings. The highest BCUT2D eigenvalue weighted by molar-refractivity contribution is 5.79. The molecular formula is C15H20N2O2. The molecule has 0 aromatic heterocycles. The first-order valence-corrected chi connectivity index (χ1v) is 6.99. The highest BCUT2D eigenvalue weighted by atomic mass is 16.5. The van der Waals surface area contributed by atoms with E-state index in [0.717, 1.165) is 30.6 Å². The number of nitrogens with zero attached hydrogens (tertiary/aromatic N) is 1. The van der Waals surface area contributed by atoms with Gasteiger partial charge in [-0.3, -0.25) is 4.79 Å². The van der Waals surface area contributed by atoms with Crippen LogP contribution < -0.4 is 10.5 Å². The summed E-state index contributed by atoms with van der Waals surface area (Å²) in [7, 11) is 0. The molecule has 2 N–H and O–H groups in total. The van der Waals surface area contributed by atoms with E-state index in [4.69, 9.17) is 10.5 Å². The molecule has 1 fully saturated rings. The van der Waals surface area contributed by atoms with Gasteiger partial charge in [-0.15, -0.1) is 0 Å². The van der Waals surface area contributed by atoms with Crippen molar-refractivity contribution in [3.05, 3.63) is 29.8 Å². The Balaban J connectivity index is 1.73. The number of hydrogen-bond acceptors (Lipinski definition) is 3. The van der Waals surface area contributed by atoms with Crippen molar-refractivity contribution in [3.8, 4) is 5.75 Å². The lowest BCUT2D eigenvalue weighted by Crippen LogP contribution is -2.36. The van der Waals surface area contributed by atoms with Crippen LogP contribution in [0.25, 0.3) is 0 Å². The van der Waals surface area contributed by atoms with Gasteiger partial charge in [-0.2, -0.15) is 0 Å². The normalized spacial score (nSPS) is 26.5. The lowest BCUT2D eigenvalue weighted by Gasteiger charge is -2.23. The third kappa shape index (κ3) is 2.59. The third-order valence-corrected chi connectivity index (χ3v) is 4.09. The monoisotopic (exact) mass is 260 g/mol. The van der Waals surface area contributed by atoms with E-state index >= 15 is 0 Å². The zero-order chi connectivity index (χ0) is 13.2. The summed E-state index contributed by atoms with van der Waals surface area (Å²) in [6, 6.07) is 8.15. The van der Waals surface area contributed by atoms with Crippen molar-refractivity contribution in [2.45, 2.75) is 31.8 Å². The molecule has 3 rings (SSSR count). The van der Waals surface area contributed by atoms with Crippen LogP contribution in [0.4, 0.5) is 0 Å². The van der Waals surface area contributed by atoms with E-state index in [1.807, 2.05) is 29.2 Å². The smallest absolute Gasteiger partial charge is 0.226 e. The lowest BCUT2D eigenvalue weighted by molar-refractivity contribution is -0.136. The summed E-state index contributed by atoms with van der Waals surface area (Å²) in [5.74, 6) is 1.26. The topological polar surface area (TPSA) is 55.6 Å². The number of nitrogens with two attached hydrogens (primary N) is 1. The summed E-state index contributed by atoms with van der Waals surface area (Å²) in [6.45, 7) is 1.89. The second-order valence-electron chi connectivity index (χ2n) is 5.49. The molecule has 4 heteroatoms. The van der Waals surface area contributed by atoms with Crippen LogP contribution in [0.5, 0.6) is 5.75 Å². The number of carbonyl (C=O) groups excluding carboxylic acids is 1. The molecule has 2 atom stereocenters. The van der Waals surface area contributed by atoms with E-state index < -0.39 is 0 Å². The van der Waals surface area contributed by atoms with E-state index in [1.165, 1.54) is 0 Å². The molecule has 1 aromatic rings. The van der Waals surface area contributed by atoms with Crippen LogP contribution in [-0.2, 0) is 11.3 Å². The van der Waals surface area contributed by atoms with Gasteiger partial charge in [0.05, 0.1) is 6.54 Å². The molecule has 102 valence electrons. The Labute approximate surface area is 113 Å². The fraction of sp³-hybridized carbons (Fsp3) is 0.533. The average Bonchev–Trinajstić information content (AvgIpc) is 2.74. The number of para-hydroxylation sites is 1. The molecule has 0 radical (unpaired) electrons. The fourth-order valence-electron chi connectivity index (χ4n) is 3.01. The van der Waals surface area contributed by atoms with Crippen molar-refractivity contribution in [3.63, 3.8) is 0 Å². The molecule has 1 aliphatic heterocycles. The van der Waals surface area contributed by atoms with Crippen molar-refractivity contribution in [1.82, 2.24) is 4.90 Å². The first-order valence-electron chi connectivity index (χ1n) is 6.99. The van der Waals surface area contributed by atoms with Crippen molar-refractivity contribution in [1.29, 1.82) is 0 Å². The first-order chi connectivity index (χ1) is 9.24. The van der Waals surface area contributed by atoms with Gasteiger partial charge in [0.25, 0.3) is 0 Å². The molecule has 1 aromatic carbocycles. The molecule has 1 amide bonds. The largest absolute Gasteiger partial charge is 0.491 e. The SMILES string of the molecule is NC1CCC(C(=O)N2CCOc3ccccc3C2)C1. The van der Waals surface area contributed by atoms with Gasteiger partial charge in [0, 0.05) is 24.1 Å². The summed E-state index contributed by atoms with van der Waals surface area (Å²) in [6.07, 6.45) is 2.73. The maximum Gasteiger partial charge on any atom is 0.226 e. The number of rotatable bonds is 1.